The van der Waals surface area contributed by atoms with Gasteiger partial charge in [0.1, 0.15) is 24.5 Å². The van der Waals surface area contributed by atoms with Gasteiger partial charge in [-0.25, -0.2) is 4.79 Å². The molecule has 0 bridgehead atoms. The Morgan fingerprint density at radius 3 is 2.31 bits per heavy atom. The van der Waals surface area contributed by atoms with Crippen molar-refractivity contribution in [2.45, 2.75) is 97.7 Å². The van der Waals surface area contributed by atoms with Gasteiger partial charge in [-0.15, -0.1) is 0 Å². The van der Waals surface area contributed by atoms with Gasteiger partial charge in [-0.3, -0.25) is 19.2 Å². The number of nitrogens with one attached hydrogen (secondary N) is 2. The van der Waals surface area contributed by atoms with Crippen molar-refractivity contribution in [3.8, 4) is 5.75 Å². The summed E-state index contributed by atoms with van der Waals surface area (Å²) >= 11 is 6.33. The number of amides is 2. The number of carbonyl (C=O) groups is 5. The van der Waals surface area contributed by atoms with E-state index in [9.17, 15) is 29.1 Å². The maximum Gasteiger partial charge on any atom is 0.347 e. The van der Waals surface area contributed by atoms with Crippen molar-refractivity contribution >= 4 is 41.3 Å². The van der Waals surface area contributed by atoms with Crippen LogP contribution in [0.2, 0.25) is 5.02 Å². The Labute approximate surface area is 322 Å². The number of benzene rings is 2. The summed E-state index contributed by atoms with van der Waals surface area (Å²) in [6.45, 7) is 10.2. The van der Waals surface area contributed by atoms with E-state index in [2.05, 4.69) is 10.6 Å². The van der Waals surface area contributed by atoms with Gasteiger partial charge in [0.15, 0.2) is 6.10 Å². The van der Waals surface area contributed by atoms with Crippen LogP contribution >= 0.6 is 11.6 Å². The van der Waals surface area contributed by atoms with Crippen LogP contribution in [0, 0.1) is 17.3 Å². The lowest BCUT2D eigenvalue weighted by Crippen LogP contribution is -2.51. The van der Waals surface area contributed by atoms with Crippen molar-refractivity contribution in [1.29, 1.82) is 0 Å². The molecule has 54 heavy (non-hydrogen) atoms. The maximum absolute atomic E-state index is 13.7. The fraction of sp³-hybridized carbons (Fsp3) is 0.525. The first kappa shape index (κ1) is 43.9. The van der Waals surface area contributed by atoms with Crippen LogP contribution in [0.15, 0.2) is 54.6 Å². The molecule has 5 N–H and O–H groups in total. The highest BCUT2D eigenvalue weighted by Crippen LogP contribution is 2.30. The van der Waals surface area contributed by atoms with E-state index in [0.29, 0.717) is 16.3 Å². The largest absolute Gasteiger partial charge is 0.495 e. The maximum atomic E-state index is 13.7. The third kappa shape index (κ3) is 12.8. The first-order chi connectivity index (χ1) is 25.4. The molecule has 0 unspecified atom stereocenters. The Bertz CT molecular complexity index is 1640. The van der Waals surface area contributed by atoms with Crippen LogP contribution in [-0.4, -0.2) is 79.4 Å². The van der Waals surface area contributed by atoms with Gasteiger partial charge >= 0.3 is 17.9 Å². The average Bonchev–Trinajstić information content (AvgIpc) is 3.13. The van der Waals surface area contributed by atoms with Gasteiger partial charge in [-0.2, -0.15) is 0 Å². The van der Waals surface area contributed by atoms with Gasteiger partial charge in [-0.1, -0.05) is 75.7 Å². The highest BCUT2D eigenvalue weighted by molar-refractivity contribution is 6.32. The minimum absolute atomic E-state index is 0.0222. The third-order valence-corrected chi connectivity index (χ3v) is 9.65. The van der Waals surface area contributed by atoms with E-state index in [1.54, 1.807) is 51.1 Å². The number of aliphatic hydroxyl groups is 1. The van der Waals surface area contributed by atoms with Crippen LogP contribution in [0.4, 0.5) is 0 Å². The van der Waals surface area contributed by atoms with Crippen LogP contribution in [0.25, 0.3) is 0 Å². The van der Waals surface area contributed by atoms with Crippen LogP contribution in [0.5, 0.6) is 5.75 Å². The number of halogens is 1. The van der Waals surface area contributed by atoms with Gasteiger partial charge in [0.05, 0.1) is 30.2 Å². The van der Waals surface area contributed by atoms with E-state index in [-0.39, 0.29) is 44.9 Å². The predicted molar refractivity (Wildman–Crippen MR) is 202 cm³/mol. The van der Waals surface area contributed by atoms with Gasteiger partial charge < -0.3 is 40.4 Å². The number of hydrogen-bond donors (Lipinski definition) is 4. The molecule has 0 aliphatic carbocycles. The molecule has 296 valence electrons. The molecule has 0 aromatic heterocycles. The van der Waals surface area contributed by atoms with E-state index < -0.39 is 71.3 Å². The van der Waals surface area contributed by atoms with Gasteiger partial charge in [-0.05, 0) is 61.1 Å². The van der Waals surface area contributed by atoms with E-state index in [1.165, 1.54) is 19.3 Å². The molecule has 3 rings (SSSR count). The lowest BCUT2D eigenvalue weighted by atomic mass is 9.84. The lowest BCUT2D eigenvalue weighted by molar-refractivity contribution is -0.180. The average molecular weight is 772 g/mol. The molecule has 0 saturated heterocycles. The minimum Gasteiger partial charge on any atom is -0.495 e. The number of ether oxygens (including phenoxy) is 4. The molecule has 0 saturated carbocycles. The van der Waals surface area contributed by atoms with Gasteiger partial charge in [0.25, 0.3) is 0 Å². The summed E-state index contributed by atoms with van der Waals surface area (Å²) < 4.78 is 22.1. The number of nitrogens with two attached hydrogens (primary N) is 1. The Morgan fingerprint density at radius 1 is 1.04 bits per heavy atom. The molecular weight excluding hydrogens is 718 g/mol. The van der Waals surface area contributed by atoms with E-state index >= 15 is 0 Å². The van der Waals surface area contributed by atoms with Crippen molar-refractivity contribution in [1.82, 2.24) is 10.6 Å². The van der Waals surface area contributed by atoms with E-state index in [0.717, 1.165) is 11.1 Å². The predicted octanol–water partition coefficient (Wildman–Crippen LogP) is 4.15. The quantitative estimate of drug-likeness (QED) is 0.179. The number of hydrogen-bond acceptors (Lipinski definition) is 11. The summed E-state index contributed by atoms with van der Waals surface area (Å²) in [5.41, 5.74) is 6.23. The summed E-state index contributed by atoms with van der Waals surface area (Å²) in [6, 6.07) is 11.2. The molecule has 2 amide bonds. The lowest BCUT2D eigenvalue weighted by Gasteiger charge is -2.33. The van der Waals surface area contributed by atoms with Crippen LogP contribution in [0.1, 0.15) is 77.0 Å². The molecule has 0 spiro atoms. The standard InChI is InChI=1S/C40H54ClN3O10/c1-23(2)17-33-38(49)53-31(25(4)36(47)24(3)28-14-11-26(12-15-28)21-52-35(46)20-42)9-8-10-34(45)44-30(19-27-13-16-32(51-7)29(41)18-27)37(48)43-22-40(5,6)39(50)54-33/h8,10-16,18,23-25,30-31,33,36,47H,9,17,19-22,42H2,1-7H3,(H,43,48)(H,44,45)/b10-8+/t24-,25-,30+,31-,33-,36-/m0/s1. The summed E-state index contributed by atoms with van der Waals surface area (Å²) in [4.78, 5) is 65.5. The normalized spacial score (nSPS) is 22.2. The van der Waals surface area contributed by atoms with Crippen molar-refractivity contribution in [3.05, 3.63) is 76.3 Å². The molecule has 0 fully saturated rings. The summed E-state index contributed by atoms with van der Waals surface area (Å²) in [6.07, 6.45) is -0.185. The summed E-state index contributed by atoms with van der Waals surface area (Å²) in [7, 11) is 1.49. The van der Waals surface area contributed by atoms with Crippen LogP contribution in [-0.2, 0) is 51.2 Å². The van der Waals surface area contributed by atoms with Crippen molar-refractivity contribution in [2.24, 2.45) is 23.0 Å². The molecule has 13 nitrogen and oxygen atoms in total. The van der Waals surface area contributed by atoms with E-state index in [1.807, 2.05) is 32.9 Å². The second-order valence-electron chi connectivity index (χ2n) is 14.7. The monoisotopic (exact) mass is 771 g/mol. The fourth-order valence-corrected chi connectivity index (χ4v) is 6.11. The fourth-order valence-electron chi connectivity index (χ4n) is 5.83. The molecule has 2 aromatic carbocycles. The molecule has 2 aromatic rings. The number of methoxy groups -OCH3 is 1. The molecular formula is C40H54ClN3O10. The highest BCUT2D eigenvalue weighted by atomic mass is 35.5. The Morgan fingerprint density at radius 2 is 1.70 bits per heavy atom. The zero-order valence-electron chi connectivity index (χ0n) is 32.1. The zero-order valence-corrected chi connectivity index (χ0v) is 32.8. The van der Waals surface area contributed by atoms with Crippen molar-refractivity contribution < 1.29 is 48.0 Å². The van der Waals surface area contributed by atoms with Crippen molar-refractivity contribution in [2.75, 3.05) is 20.2 Å². The highest BCUT2D eigenvalue weighted by Gasteiger charge is 2.38. The number of aliphatic hydroxyl groups excluding tert-OH is 1. The van der Waals surface area contributed by atoms with Crippen molar-refractivity contribution in [3.63, 3.8) is 0 Å². The van der Waals surface area contributed by atoms with E-state index in [4.69, 9.17) is 36.3 Å². The SMILES string of the molecule is COc1ccc(C[C@H]2NC(=O)/C=C/C[C@@H]([C@H](C)[C@@H](O)[C@@H](C)c3ccc(COC(=O)CN)cc3)OC(=O)[C@H](CC(C)C)OC(=O)C(C)(C)CNC2=O)cc1Cl. The topological polar surface area (TPSA) is 193 Å². The third-order valence-electron chi connectivity index (χ3n) is 9.36. The summed E-state index contributed by atoms with van der Waals surface area (Å²) in [5, 5.41) is 17.4. The van der Waals surface area contributed by atoms with Gasteiger partial charge in [0.2, 0.25) is 11.8 Å². The van der Waals surface area contributed by atoms with Crippen LogP contribution in [0.3, 0.4) is 0 Å². The van der Waals surface area contributed by atoms with Crippen LogP contribution < -0.4 is 21.1 Å². The Kier molecular flexibility index (Phi) is 16.5. The molecule has 6 atom stereocenters. The first-order valence-electron chi connectivity index (χ1n) is 18.1. The zero-order chi connectivity index (χ0) is 40.2. The smallest absolute Gasteiger partial charge is 0.347 e. The van der Waals surface area contributed by atoms with Gasteiger partial charge in [0, 0.05) is 31.2 Å². The second-order valence-corrected chi connectivity index (χ2v) is 15.1. The Hall–Kier alpha value is -4.46. The first-order valence-corrected chi connectivity index (χ1v) is 18.4. The number of esters is 3. The molecule has 14 heteroatoms. The number of cyclic esters (lactones) is 2. The molecule has 1 aliphatic heterocycles. The number of carbonyl (C=O) groups excluding carboxylic acids is 5. The minimum atomic E-state index is -1.26. The summed E-state index contributed by atoms with van der Waals surface area (Å²) in [5.74, 6) is -3.84. The molecule has 1 heterocycles. The Balaban J connectivity index is 1.92. The second kappa shape index (κ2) is 20.3. The molecule has 0 radical (unpaired) electrons. The molecule has 1 aliphatic rings. The number of rotatable bonds is 12.